The number of para-hydroxylation sites is 1. The Morgan fingerprint density at radius 1 is 1.12 bits per heavy atom. The highest BCUT2D eigenvalue weighted by atomic mass is 16.5. The van der Waals surface area contributed by atoms with Gasteiger partial charge >= 0.3 is 0 Å². The van der Waals surface area contributed by atoms with Crippen LogP contribution >= 0.6 is 0 Å². The zero-order valence-electron chi connectivity index (χ0n) is 18.8. The Bertz CT molecular complexity index is 936. The lowest BCUT2D eigenvalue weighted by Gasteiger charge is -2.32. The lowest BCUT2D eigenvalue weighted by atomic mass is 10.0. The summed E-state index contributed by atoms with van der Waals surface area (Å²) in [5.74, 6) is 0.864. The number of nitrogens with one attached hydrogen (secondary N) is 2. The minimum atomic E-state index is 0.0304. The second-order valence-electron chi connectivity index (χ2n) is 8.52. The summed E-state index contributed by atoms with van der Waals surface area (Å²) in [6.07, 6.45) is 2.82. The minimum absolute atomic E-state index is 0.0304. The molecule has 8 nitrogen and oxygen atoms in total. The van der Waals surface area contributed by atoms with E-state index < -0.39 is 0 Å². The first kappa shape index (κ1) is 22.5. The highest BCUT2D eigenvalue weighted by Gasteiger charge is 2.24. The summed E-state index contributed by atoms with van der Waals surface area (Å²) in [6, 6.07) is 9.97. The van der Waals surface area contributed by atoms with Gasteiger partial charge in [-0.2, -0.15) is 0 Å². The Labute approximate surface area is 189 Å². The Morgan fingerprint density at radius 3 is 2.62 bits per heavy atom. The van der Waals surface area contributed by atoms with Crippen molar-refractivity contribution in [2.24, 2.45) is 0 Å². The van der Waals surface area contributed by atoms with Crippen molar-refractivity contribution in [3.63, 3.8) is 0 Å². The number of likely N-dealkylation sites (tertiary alicyclic amines) is 1. The van der Waals surface area contributed by atoms with E-state index in [-0.39, 0.29) is 17.9 Å². The molecule has 0 atom stereocenters. The first-order chi connectivity index (χ1) is 15.6. The number of amides is 2. The molecule has 3 heterocycles. The molecule has 2 aliphatic rings. The Kier molecular flexibility index (Phi) is 7.55. The molecule has 2 amide bonds. The standard InChI is InChI=1S/C24H33N5O3/c1-2-9-25-23(30)17-28-10-7-18(8-11-28)26-22-16-20(19-5-3-4-6-21(19)27-22)24(31)29-12-14-32-15-13-29/h3-6,16,18H,2,7-15,17H2,1H3,(H,25,30)(H,26,27). The number of pyridine rings is 1. The van der Waals surface area contributed by atoms with Gasteiger partial charge in [-0.05, 0) is 31.4 Å². The highest BCUT2D eigenvalue weighted by Crippen LogP contribution is 2.24. The molecule has 2 fully saturated rings. The third kappa shape index (κ3) is 5.55. The fourth-order valence-electron chi connectivity index (χ4n) is 4.33. The molecule has 0 bridgehead atoms. The molecule has 2 aromatic rings. The van der Waals surface area contributed by atoms with Crippen LogP contribution in [0, 0.1) is 0 Å². The second-order valence-corrected chi connectivity index (χ2v) is 8.52. The van der Waals surface area contributed by atoms with Gasteiger partial charge in [0, 0.05) is 44.2 Å². The molecule has 0 unspecified atom stereocenters. The second kappa shape index (κ2) is 10.7. The van der Waals surface area contributed by atoms with E-state index in [2.05, 4.69) is 22.5 Å². The van der Waals surface area contributed by atoms with Gasteiger partial charge in [0.1, 0.15) is 5.82 Å². The van der Waals surface area contributed by atoms with Crippen molar-refractivity contribution in [2.45, 2.75) is 32.2 Å². The first-order valence-electron chi connectivity index (χ1n) is 11.7. The summed E-state index contributed by atoms with van der Waals surface area (Å²) >= 11 is 0. The van der Waals surface area contributed by atoms with Gasteiger partial charge in [0.2, 0.25) is 5.91 Å². The fraction of sp³-hybridized carbons (Fsp3) is 0.542. The number of nitrogens with zero attached hydrogens (tertiary/aromatic N) is 3. The number of hydrogen-bond acceptors (Lipinski definition) is 6. The van der Waals surface area contributed by atoms with Crippen molar-refractivity contribution in [1.29, 1.82) is 0 Å². The Morgan fingerprint density at radius 2 is 1.88 bits per heavy atom. The van der Waals surface area contributed by atoms with Gasteiger partial charge in [0.25, 0.3) is 5.91 Å². The summed E-state index contributed by atoms with van der Waals surface area (Å²) in [4.78, 5) is 34.1. The van der Waals surface area contributed by atoms with Crippen molar-refractivity contribution in [3.05, 3.63) is 35.9 Å². The molecule has 0 radical (unpaired) electrons. The molecule has 32 heavy (non-hydrogen) atoms. The summed E-state index contributed by atoms with van der Waals surface area (Å²) in [7, 11) is 0. The maximum absolute atomic E-state index is 13.2. The summed E-state index contributed by atoms with van der Waals surface area (Å²) in [5.41, 5.74) is 1.50. The number of ether oxygens (including phenoxy) is 1. The van der Waals surface area contributed by atoms with Gasteiger partial charge in [-0.15, -0.1) is 0 Å². The van der Waals surface area contributed by atoms with E-state index in [0.29, 0.717) is 38.4 Å². The van der Waals surface area contributed by atoms with E-state index in [1.807, 2.05) is 35.2 Å². The molecule has 1 aromatic heterocycles. The number of anilines is 1. The van der Waals surface area contributed by atoms with E-state index in [0.717, 1.165) is 55.6 Å². The van der Waals surface area contributed by atoms with E-state index in [9.17, 15) is 9.59 Å². The normalized spacial score (nSPS) is 18.0. The average molecular weight is 440 g/mol. The van der Waals surface area contributed by atoms with Gasteiger partial charge in [-0.3, -0.25) is 14.5 Å². The van der Waals surface area contributed by atoms with E-state index >= 15 is 0 Å². The van der Waals surface area contributed by atoms with Crippen LogP contribution < -0.4 is 10.6 Å². The first-order valence-corrected chi connectivity index (χ1v) is 11.7. The van der Waals surface area contributed by atoms with Gasteiger partial charge in [0.15, 0.2) is 0 Å². The third-order valence-electron chi connectivity index (χ3n) is 6.12. The number of piperidine rings is 1. The van der Waals surface area contributed by atoms with Crippen molar-refractivity contribution in [3.8, 4) is 0 Å². The Hall–Kier alpha value is -2.71. The molecule has 8 heteroatoms. The molecular weight excluding hydrogens is 406 g/mol. The van der Waals surface area contributed by atoms with Gasteiger partial charge in [0.05, 0.1) is 30.8 Å². The molecule has 0 saturated carbocycles. The molecule has 2 saturated heterocycles. The van der Waals surface area contributed by atoms with Crippen molar-refractivity contribution in [1.82, 2.24) is 20.1 Å². The number of carbonyl (C=O) groups excluding carboxylic acids is 2. The molecule has 2 aliphatic heterocycles. The van der Waals surface area contributed by atoms with Crippen LogP contribution in [-0.2, 0) is 9.53 Å². The number of rotatable bonds is 7. The molecule has 1 aromatic carbocycles. The van der Waals surface area contributed by atoms with Crippen LogP contribution in [0.4, 0.5) is 5.82 Å². The fourth-order valence-corrected chi connectivity index (χ4v) is 4.33. The van der Waals surface area contributed by atoms with Crippen molar-refractivity contribution < 1.29 is 14.3 Å². The topological polar surface area (TPSA) is 86.8 Å². The van der Waals surface area contributed by atoms with E-state index in [4.69, 9.17) is 9.72 Å². The minimum Gasteiger partial charge on any atom is -0.378 e. The van der Waals surface area contributed by atoms with Crippen LogP contribution in [-0.4, -0.2) is 85.1 Å². The quantitative estimate of drug-likeness (QED) is 0.687. The monoisotopic (exact) mass is 439 g/mol. The number of aromatic nitrogens is 1. The molecule has 0 spiro atoms. The molecule has 4 rings (SSSR count). The van der Waals surface area contributed by atoms with Crippen LogP contribution in [0.5, 0.6) is 0 Å². The van der Waals surface area contributed by atoms with Crippen molar-refractivity contribution >= 4 is 28.5 Å². The Balaban J connectivity index is 1.42. The van der Waals surface area contributed by atoms with Crippen molar-refractivity contribution in [2.75, 3.05) is 57.8 Å². The van der Waals surface area contributed by atoms with Crippen LogP contribution in [0.2, 0.25) is 0 Å². The van der Waals surface area contributed by atoms with Crippen LogP contribution in [0.1, 0.15) is 36.5 Å². The zero-order valence-corrected chi connectivity index (χ0v) is 18.8. The molecular formula is C24H33N5O3. The van der Waals surface area contributed by atoms with Crippen LogP contribution in [0.25, 0.3) is 10.9 Å². The van der Waals surface area contributed by atoms with Gasteiger partial charge < -0.3 is 20.3 Å². The predicted molar refractivity (Wildman–Crippen MR) is 125 cm³/mol. The maximum atomic E-state index is 13.2. The molecule has 172 valence electrons. The highest BCUT2D eigenvalue weighted by molar-refractivity contribution is 6.07. The van der Waals surface area contributed by atoms with E-state index in [1.165, 1.54) is 0 Å². The largest absolute Gasteiger partial charge is 0.378 e. The SMILES string of the molecule is CCCNC(=O)CN1CCC(Nc2cc(C(=O)N3CCOCC3)c3ccccc3n2)CC1. The van der Waals surface area contributed by atoms with Gasteiger partial charge in [-0.25, -0.2) is 4.98 Å². The smallest absolute Gasteiger partial charge is 0.254 e. The van der Waals surface area contributed by atoms with E-state index in [1.54, 1.807) is 0 Å². The zero-order chi connectivity index (χ0) is 22.3. The lowest BCUT2D eigenvalue weighted by molar-refractivity contribution is -0.122. The average Bonchev–Trinajstić information content (AvgIpc) is 2.83. The predicted octanol–water partition coefficient (Wildman–Crippen LogP) is 2.11. The van der Waals surface area contributed by atoms with Crippen LogP contribution in [0.3, 0.4) is 0 Å². The number of fused-ring (bicyclic) bond motifs is 1. The number of morpholine rings is 1. The third-order valence-corrected chi connectivity index (χ3v) is 6.12. The molecule has 2 N–H and O–H groups in total. The molecule has 0 aliphatic carbocycles. The lowest BCUT2D eigenvalue weighted by Crippen LogP contribution is -2.44. The summed E-state index contributed by atoms with van der Waals surface area (Å²) < 4.78 is 5.40. The van der Waals surface area contributed by atoms with Gasteiger partial charge in [-0.1, -0.05) is 25.1 Å². The number of carbonyl (C=O) groups is 2. The number of benzene rings is 1. The number of hydrogen-bond donors (Lipinski definition) is 2. The summed E-state index contributed by atoms with van der Waals surface area (Å²) in [6.45, 7) is 7.36. The van der Waals surface area contributed by atoms with Crippen LogP contribution in [0.15, 0.2) is 30.3 Å². The summed E-state index contributed by atoms with van der Waals surface area (Å²) in [5, 5.41) is 7.36. The maximum Gasteiger partial charge on any atom is 0.254 e.